The largest absolute Gasteiger partial charge is 0.495 e. The normalized spacial score (nSPS) is 22.0. The van der Waals surface area contributed by atoms with Crippen LogP contribution in [0.1, 0.15) is 74.9 Å². The highest BCUT2D eigenvalue weighted by atomic mass is 35.5. The van der Waals surface area contributed by atoms with Crippen molar-refractivity contribution in [1.29, 1.82) is 0 Å². The molecule has 0 aromatic heterocycles. The molecular weight excluding hydrogens is 689 g/mol. The Morgan fingerprint density at radius 3 is 2.36 bits per heavy atom. The van der Waals surface area contributed by atoms with Gasteiger partial charge in [0.2, 0.25) is 12.7 Å². The molecule has 1 saturated carbocycles. The molecule has 5 atom stereocenters. The van der Waals surface area contributed by atoms with Crippen LogP contribution in [0.15, 0.2) is 59.6 Å². The van der Waals surface area contributed by atoms with Gasteiger partial charge in [-0.1, -0.05) is 75.5 Å². The third-order valence-corrected chi connectivity index (χ3v) is 9.80. The Kier molecular flexibility index (Phi) is 12.3. The van der Waals surface area contributed by atoms with Crippen molar-refractivity contribution in [3.8, 4) is 5.75 Å². The molecule has 1 fully saturated rings. The highest BCUT2D eigenvalue weighted by Gasteiger charge is 2.63. The van der Waals surface area contributed by atoms with E-state index in [0.717, 1.165) is 0 Å². The maximum atomic E-state index is 16.3. The molecule has 0 saturated heterocycles. The second-order valence-electron chi connectivity index (χ2n) is 13.6. The summed E-state index contributed by atoms with van der Waals surface area (Å²) in [5.74, 6) is -5.71. The molecule has 1 aliphatic carbocycles. The molecule has 5 unspecified atom stereocenters. The molecule has 4 rings (SSSR count). The zero-order valence-corrected chi connectivity index (χ0v) is 30.6. The Hall–Kier alpha value is -4.02. The maximum Gasteiger partial charge on any atom is 0.341 e. The summed E-state index contributed by atoms with van der Waals surface area (Å²) in [4.78, 5) is 42.9. The van der Waals surface area contributed by atoms with E-state index in [-0.39, 0.29) is 43.6 Å². The number of methoxy groups -OCH3 is 1. The molecule has 1 N–H and O–H groups in total. The van der Waals surface area contributed by atoms with Gasteiger partial charge in [-0.15, -0.1) is 0 Å². The lowest BCUT2D eigenvalue weighted by Crippen LogP contribution is -2.42. The van der Waals surface area contributed by atoms with Crippen molar-refractivity contribution in [2.75, 3.05) is 26.3 Å². The first-order valence-electron chi connectivity index (χ1n) is 16.2. The first-order chi connectivity index (χ1) is 23.6. The zero-order chi connectivity index (χ0) is 37.0. The number of amides is 1. The molecule has 0 bridgehead atoms. The van der Waals surface area contributed by atoms with E-state index in [1.165, 1.54) is 44.4 Å². The molecule has 0 spiro atoms. The summed E-state index contributed by atoms with van der Waals surface area (Å²) in [6.45, 7) is 8.78. The highest BCUT2D eigenvalue weighted by Crippen LogP contribution is 2.63. The van der Waals surface area contributed by atoms with E-state index in [1.54, 1.807) is 37.5 Å². The Balaban J connectivity index is 1.93. The van der Waals surface area contributed by atoms with E-state index in [9.17, 15) is 14.4 Å². The highest BCUT2D eigenvalue weighted by molar-refractivity contribution is 6.31. The van der Waals surface area contributed by atoms with Crippen LogP contribution in [0.5, 0.6) is 5.75 Å². The summed E-state index contributed by atoms with van der Waals surface area (Å²) in [5.41, 5.74) is -0.890. The van der Waals surface area contributed by atoms with Crippen LogP contribution in [0.2, 0.25) is 10.0 Å². The smallest absolute Gasteiger partial charge is 0.341 e. The number of carbonyl (C=O) groups excluding carboxylic acids is 3. The molecule has 0 radical (unpaired) electrons. The molecule has 0 aliphatic heterocycles. The number of halogens is 4. The number of anilines is 1. The molecule has 12 heteroatoms. The molecule has 268 valence electrons. The van der Waals surface area contributed by atoms with Crippen LogP contribution in [0.4, 0.5) is 14.5 Å². The zero-order valence-electron chi connectivity index (χ0n) is 29.1. The van der Waals surface area contributed by atoms with Gasteiger partial charge in [0.15, 0.2) is 0 Å². The van der Waals surface area contributed by atoms with E-state index >= 15 is 8.78 Å². The summed E-state index contributed by atoms with van der Waals surface area (Å²) < 4.78 is 47.9. The number of ether oxygens (including phenoxy) is 3. The molecule has 0 heterocycles. The summed E-state index contributed by atoms with van der Waals surface area (Å²) >= 11 is 12.6. The van der Waals surface area contributed by atoms with E-state index in [1.807, 2.05) is 6.92 Å². The van der Waals surface area contributed by atoms with Gasteiger partial charge in [-0.3, -0.25) is 14.6 Å². The average Bonchev–Trinajstić information content (AvgIpc) is 3.30. The molecule has 3 aromatic rings. The lowest BCUT2D eigenvalue weighted by atomic mass is 9.61. The van der Waals surface area contributed by atoms with Gasteiger partial charge in [0.1, 0.15) is 17.4 Å². The van der Waals surface area contributed by atoms with Crippen LogP contribution < -0.4 is 10.1 Å². The molecule has 50 heavy (non-hydrogen) atoms. The van der Waals surface area contributed by atoms with Gasteiger partial charge in [0.25, 0.3) is 0 Å². The number of esters is 2. The number of carbonyl (C=O) groups is 3. The minimum Gasteiger partial charge on any atom is -0.495 e. The van der Waals surface area contributed by atoms with Crippen LogP contribution in [-0.2, 0) is 24.5 Å². The maximum absolute atomic E-state index is 16.3. The van der Waals surface area contributed by atoms with Gasteiger partial charge in [-0.25, -0.2) is 13.6 Å². The second-order valence-corrected chi connectivity index (χ2v) is 14.5. The topological polar surface area (TPSA) is 103 Å². The molecule has 1 aliphatic rings. The van der Waals surface area contributed by atoms with Crippen LogP contribution in [0.25, 0.3) is 0 Å². The van der Waals surface area contributed by atoms with Crippen molar-refractivity contribution in [3.63, 3.8) is 0 Å². The average molecular weight is 732 g/mol. The van der Waals surface area contributed by atoms with Crippen molar-refractivity contribution in [3.05, 3.63) is 93.0 Å². The third-order valence-electron chi connectivity index (χ3n) is 9.28. The van der Waals surface area contributed by atoms with Crippen LogP contribution >= 0.6 is 23.2 Å². The van der Waals surface area contributed by atoms with Gasteiger partial charge in [0, 0.05) is 48.0 Å². The first-order valence-corrected chi connectivity index (χ1v) is 17.0. The summed E-state index contributed by atoms with van der Waals surface area (Å²) in [6.07, 6.45) is 2.69. The van der Waals surface area contributed by atoms with Crippen LogP contribution in [0.3, 0.4) is 0 Å². The Labute approximate surface area is 301 Å². The van der Waals surface area contributed by atoms with Gasteiger partial charge in [-0.05, 0) is 65.6 Å². The summed E-state index contributed by atoms with van der Waals surface area (Å²) in [5, 5.41) is 3.02. The monoisotopic (exact) mass is 730 g/mol. The first kappa shape index (κ1) is 38.8. The quantitative estimate of drug-likeness (QED) is 0.120. The number of nitrogens with one attached hydrogen (secondary N) is 1. The fraction of sp³-hybridized carbons (Fsp3) is 0.421. The van der Waals surface area contributed by atoms with E-state index in [4.69, 9.17) is 32.7 Å². The van der Waals surface area contributed by atoms with E-state index in [2.05, 4.69) is 35.8 Å². The number of rotatable bonds is 11. The van der Waals surface area contributed by atoms with Crippen LogP contribution in [-0.4, -0.2) is 45.0 Å². The van der Waals surface area contributed by atoms with Crippen molar-refractivity contribution < 1.29 is 37.4 Å². The number of hydrogen-bond acceptors (Lipinski definition) is 7. The summed E-state index contributed by atoms with van der Waals surface area (Å²) in [7, 11) is 2.95. The van der Waals surface area contributed by atoms with Crippen molar-refractivity contribution in [2.24, 2.45) is 28.2 Å². The van der Waals surface area contributed by atoms with Gasteiger partial charge in [0.05, 0.1) is 23.4 Å². The van der Waals surface area contributed by atoms with E-state index < -0.39 is 65.4 Å². The minimum atomic E-state index is -1.31. The number of aliphatic imine (C=N–C) groups is 1. The fourth-order valence-electron chi connectivity index (χ4n) is 7.51. The third kappa shape index (κ3) is 7.97. The standard InChI is InChI=1S/C38H42Cl2F2N2O6/c1-8-24-27(18-37(3,4)5)38(19-43-6,26-14-13-23(39)17-29(26)41)33(25-10-9-11-28(40)34(25)42)32(24)35(46)44-30-15-12-22(16-31(30)48-7)36(47)50-20-49-21(2)45/h9-17,19,24,27,32-33H,8,18,20H2,1-7H3,(H,44,46). The van der Waals surface area contributed by atoms with Crippen molar-refractivity contribution in [2.45, 2.75) is 58.8 Å². The Morgan fingerprint density at radius 1 is 1.04 bits per heavy atom. The van der Waals surface area contributed by atoms with E-state index in [0.29, 0.717) is 12.8 Å². The van der Waals surface area contributed by atoms with Crippen molar-refractivity contribution in [1.82, 2.24) is 0 Å². The predicted octanol–water partition coefficient (Wildman–Crippen LogP) is 9.03. The lowest BCUT2D eigenvalue weighted by Gasteiger charge is -2.42. The number of benzene rings is 3. The lowest BCUT2D eigenvalue weighted by molar-refractivity contribution is -0.149. The van der Waals surface area contributed by atoms with Gasteiger partial charge in [-0.2, -0.15) is 0 Å². The molecule has 3 aromatic carbocycles. The molecule has 1 amide bonds. The number of hydrogen-bond donors (Lipinski definition) is 1. The molecule has 8 nitrogen and oxygen atoms in total. The Bertz CT molecular complexity index is 1780. The number of nitrogens with zero attached hydrogens (tertiary/aromatic N) is 1. The SMILES string of the molecule is CCC1C(C(=O)Nc2ccc(C(=O)OCOC(C)=O)cc2OC)C(c2cccc(Cl)c2F)C(C=NC)(c2ccc(Cl)cc2F)C1CC(C)(C)C. The second kappa shape index (κ2) is 15.9. The van der Waals surface area contributed by atoms with Gasteiger partial charge >= 0.3 is 11.9 Å². The fourth-order valence-corrected chi connectivity index (χ4v) is 7.85. The van der Waals surface area contributed by atoms with Crippen LogP contribution in [0, 0.1) is 34.8 Å². The molecular formula is C38H42Cl2F2N2O6. The van der Waals surface area contributed by atoms with Crippen molar-refractivity contribution >= 4 is 52.9 Å². The Morgan fingerprint density at radius 2 is 1.76 bits per heavy atom. The predicted molar refractivity (Wildman–Crippen MR) is 190 cm³/mol. The summed E-state index contributed by atoms with van der Waals surface area (Å²) in [6, 6.07) is 13.3. The minimum absolute atomic E-state index is 0.0832. The van der Waals surface area contributed by atoms with Gasteiger partial charge < -0.3 is 19.5 Å².